The van der Waals surface area contributed by atoms with Gasteiger partial charge in [0, 0.05) is 17.3 Å². The fourth-order valence-electron chi connectivity index (χ4n) is 2.65. The summed E-state index contributed by atoms with van der Waals surface area (Å²) in [4.78, 5) is 31.5. The van der Waals surface area contributed by atoms with Gasteiger partial charge in [0.1, 0.15) is 11.5 Å². The lowest BCUT2D eigenvalue weighted by Gasteiger charge is -2.19. The van der Waals surface area contributed by atoms with Crippen molar-refractivity contribution < 1.29 is 4.79 Å². The summed E-state index contributed by atoms with van der Waals surface area (Å²) in [6.07, 6.45) is 1.54. The molecular formula is C21H22N4O2. The highest BCUT2D eigenvalue weighted by atomic mass is 16.2. The van der Waals surface area contributed by atoms with Gasteiger partial charge in [-0.3, -0.25) is 9.59 Å². The van der Waals surface area contributed by atoms with Gasteiger partial charge in [0.25, 0.3) is 11.5 Å². The fourth-order valence-corrected chi connectivity index (χ4v) is 2.65. The van der Waals surface area contributed by atoms with Gasteiger partial charge in [0.05, 0.1) is 5.69 Å². The number of hydrogen-bond acceptors (Lipinski definition) is 4. The Morgan fingerprint density at radius 2 is 1.81 bits per heavy atom. The van der Waals surface area contributed by atoms with Crippen LogP contribution in [-0.4, -0.2) is 15.9 Å². The van der Waals surface area contributed by atoms with Crippen LogP contribution in [0, 0.1) is 0 Å². The van der Waals surface area contributed by atoms with Crippen LogP contribution in [0.25, 0.3) is 11.3 Å². The number of nitrogens with one attached hydrogen (secondary N) is 2. The number of nitrogens with two attached hydrogens (primary N) is 1. The molecule has 3 aromatic rings. The first kappa shape index (κ1) is 18.4. The second kappa shape index (κ2) is 7.07. The molecule has 0 spiro atoms. The van der Waals surface area contributed by atoms with Gasteiger partial charge in [-0.05, 0) is 41.3 Å². The molecule has 1 amide bonds. The molecule has 0 atom stereocenters. The fraction of sp³-hybridized carbons (Fsp3) is 0.190. The van der Waals surface area contributed by atoms with Crippen molar-refractivity contribution in [3.05, 3.63) is 76.2 Å². The van der Waals surface area contributed by atoms with Gasteiger partial charge in [0.2, 0.25) is 0 Å². The minimum absolute atomic E-state index is 0.00497. The quantitative estimate of drug-likeness (QED) is 0.663. The Bertz CT molecular complexity index is 1030. The molecule has 0 aliphatic rings. The van der Waals surface area contributed by atoms with E-state index in [1.165, 1.54) is 6.20 Å². The number of aromatic nitrogens is 2. The topological polar surface area (TPSA) is 101 Å². The summed E-state index contributed by atoms with van der Waals surface area (Å²) in [6, 6.07) is 14.2. The number of hydrogen-bond donors (Lipinski definition) is 3. The average Bonchev–Trinajstić information content (AvgIpc) is 2.63. The molecule has 1 aromatic carbocycles. The maximum atomic E-state index is 12.5. The minimum atomic E-state index is -0.387. The Morgan fingerprint density at radius 1 is 1.11 bits per heavy atom. The van der Waals surface area contributed by atoms with Crippen molar-refractivity contribution in [2.24, 2.45) is 0 Å². The summed E-state index contributed by atoms with van der Waals surface area (Å²) < 4.78 is 0. The van der Waals surface area contributed by atoms with Crippen LogP contribution in [0.4, 0.5) is 11.5 Å². The summed E-state index contributed by atoms with van der Waals surface area (Å²) in [7, 11) is 0. The molecule has 0 radical (unpaired) electrons. The second-order valence-electron chi connectivity index (χ2n) is 7.36. The van der Waals surface area contributed by atoms with E-state index in [-0.39, 0.29) is 22.6 Å². The Hall–Kier alpha value is -3.41. The number of benzene rings is 1. The molecule has 138 valence electrons. The molecular weight excluding hydrogens is 340 g/mol. The Kier molecular flexibility index (Phi) is 4.81. The lowest BCUT2D eigenvalue weighted by molar-refractivity contribution is 0.102. The predicted octanol–water partition coefficient (Wildman–Crippen LogP) is 3.57. The van der Waals surface area contributed by atoms with Gasteiger partial charge in [-0.15, -0.1) is 0 Å². The van der Waals surface area contributed by atoms with Crippen LogP contribution in [0.2, 0.25) is 0 Å². The predicted molar refractivity (Wildman–Crippen MR) is 108 cm³/mol. The molecule has 6 nitrogen and oxygen atoms in total. The minimum Gasteiger partial charge on any atom is -0.384 e. The zero-order valence-electron chi connectivity index (χ0n) is 15.5. The van der Waals surface area contributed by atoms with Crippen LogP contribution in [-0.2, 0) is 5.41 Å². The SMILES string of the molecule is CC(C)(C)c1ccc(C(=O)Nc2cc(-c3cccc(N)n3)c[nH]c2=O)cc1. The molecule has 2 heterocycles. The third kappa shape index (κ3) is 4.23. The molecule has 2 aromatic heterocycles. The van der Waals surface area contributed by atoms with Gasteiger partial charge in [-0.2, -0.15) is 0 Å². The number of pyridine rings is 2. The van der Waals surface area contributed by atoms with Crippen LogP contribution < -0.4 is 16.6 Å². The molecule has 0 aliphatic carbocycles. The van der Waals surface area contributed by atoms with Crippen molar-refractivity contribution in [2.45, 2.75) is 26.2 Å². The van der Waals surface area contributed by atoms with E-state index in [1.54, 1.807) is 36.4 Å². The average molecular weight is 362 g/mol. The molecule has 0 unspecified atom stereocenters. The summed E-state index contributed by atoms with van der Waals surface area (Å²) in [6.45, 7) is 6.33. The molecule has 4 N–H and O–H groups in total. The van der Waals surface area contributed by atoms with E-state index in [1.807, 2.05) is 12.1 Å². The van der Waals surface area contributed by atoms with Crippen molar-refractivity contribution in [1.82, 2.24) is 9.97 Å². The first-order chi connectivity index (χ1) is 12.7. The lowest BCUT2D eigenvalue weighted by Crippen LogP contribution is -2.20. The first-order valence-corrected chi connectivity index (χ1v) is 8.61. The zero-order valence-corrected chi connectivity index (χ0v) is 15.5. The maximum Gasteiger partial charge on any atom is 0.271 e. The second-order valence-corrected chi connectivity index (χ2v) is 7.36. The monoisotopic (exact) mass is 362 g/mol. The standard InChI is InChI=1S/C21H22N4O2/c1-21(2,3)15-9-7-13(8-10-15)19(26)25-17-11-14(12-23-20(17)27)16-5-4-6-18(22)24-16/h4-12H,1-3H3,(H2,22,24)(H,23,27)(H,25,26). The number of anilines is 2. The van der Waals surface area contributed by atoms with Crippen LogP contribution in [0.5, 0.6) is 0 Å². The molecule has 6 heteroatoms. The molecule has 0 saturated carbocycles. The van der Waals surface area contributed by atoms with Gasteiger partial charge in [-0.25, -0.2) is 4.98 Å². The number of nitrogens with zero attached hydrogens (tertiary/aromatic N) is 1. The third-order valence-electron chi connectivity index (χ3n) is 4.23. The Balaban J connectivity index is 1.86. The highest BCUT2D eigenvalue weighted by Crippen LogP contribution is 2.23. The molecule has 3 rings (SSSR count). The van der Waals surface area contributed by atoms with Gasteiger partial charge < -0.3 is 16.0 Å². The van der Waals surface area contributed by atoms with Gasteiger partial charge >= 0.3 is 0 Å². The van der Waals surface area contributed by atoms with Crippen molar-refractivity contribution in [3.63, 3.8) is 0 Å². The Morgan fingerprint density at radius 3 is 2.44 bits per heavy atom. The van der Waals surface area contributed by atoms with Crippen LogP contribution in [0.1, 0.15) is 36.7 Å². The maximum absolute atomic E-state index is 12.5. The van der Waals surface area contributed by atoms with E-state index < -0.39 is 0 Å². The van der Waals surface area contributed by atoms with E-state index in [4.69, 9.17) is 5.73 Å². The summed E-state index contributed by atoms with van der Waals surface area (Å²) in [5, 5.41) is 2.67. The summed E-state index contributed by atoms with van der Waals surface area (Å²) in [5.41, 5.74) is 8.36. The summed E-state index contributed by atoms with van der Waals surface area (Å²) in [5.74, 6) is 0.0295. The van der Waals surface area contributed by atoms with Crippen molar-refractivity contribution in [3.8, 4) is 11.3 Å². The van der Waals surface area contributed by atoms with Crippen molar-refractivity contribution in [2.75, 3.05) is 11.1 Å². The largest absolute Gasteiger partial charge is 0.384 e. The van der Waals surface area contributed by atoms with Crippen molar-refractivity contribution >= 4 is 17.4 Å². The molecule has 0 saturated heterocycles. The van der Waals surface area contributed by atoms with E-state index >= 15 is 0 Å². The van der Waals surface area contributed by atoms with Gasteiger partial charge in [-0.1, -0.05) is 39.0 Å². The molecule has 0 fully saturated rings. The number of aromatic amines is 1. The molecule has 0 bridgehead atoms. The van der Waals surface area contributed by atoms with E-state index in [9.17, 15) is 9.59 Å². The number of carbonyl (C=O) groups excluding carboxylic acids is 1. The highest BCUT2D eigenvalue weighted by molar-refractivity contribution is 6.04. The number of H-pyrrole nitrogens is 1. The summed E-state index contributed by atoms with van der Waals surface area (Å²) >= 11 is 0. The third-order valence-corrected chi connectivity index (χ3v) is 4.23. The zero-order chi connectivity index (χ0) is 19.6. The number of nitrogen functional groups attached to an aromatic ring is 1. The van der Waals surface area contributed by atoms with Crippen LogP contribution in [0.15, 0.2) is 59.5 Å². The van der Waals surface area contributed by atoms with Crippen LogP contribution >= 0.6 is 0 Å². The molecule has 27 heavy (non-hydrogen) atoms. The smallest absolute Gasteiger partial charge is 0.271 e. The van der Waals surface area contributed by atoms with Gasteiger partial charge in [0.15, 0.2) is 0 Å². The normalized spacial score (nSPS) is 11.2. The van der Waals surface area contributed by atoms with Crippen molar-refractivity contribution in [1.29, 1.82) is 0 Å². The molecule has 0 aliphatic heterocycles. The van der Waals surface area contributed by atoms with E-state index in [0.29, 0.717) is 22.6 Å². The number of amides is 1. The van der Waals surface area contributed by atoms with E-state index in [0.717, 1.165) is 5.56 Å². The first-order valence-electron chi connectivity index (χ1n) is 8.61. The van der Waals surface area contributed by atoms with Crippen LogP contribution in [0.3, 0.4) is 0 Å². The highest BCUT2D eigenvalue weighted by Gasteiger charge is 2.15. The number of rotatable bonds is 3. The lowest BCUT2D eigenvalue weighted by atomic mass is 9.87. The van der Waals surface area contributed by atoms with E-state index in [2.05, 4.69) is 36.1 Å². The number of carbonyl (C=O) groups is 1. The Labute approximate surface area is 157 Å².